The van der Waals surface area contributed by atoms with Gasteiger partial charge in [0, 0.05) is 5.70 Å². The molecule has 136 valence electrons. The van der Waals surface area contributed by atoms with Gasteiger partial charge in [0.2, 0.25) is 5.91 Å². The third-order valence-electron chi connectivity index (χ3n) is 3.05. The molecule has 25 heavy (non-hydrogen) atoms. The van der Waals surface area contributed by atoms with Crippen LogP contribution in [0.1, 0.15) is 38.2 Å². The summed E-state index contributed by atoms with van der Waals surface area (Å²) in [6.45, 7) is 7.21. The average molecular weight is 365 g/mol. The molecule has 0 aliphatic carbocycles. The van der Waals surface area contributed by atoms with Crippen molar-refractivity contribution in [1.82, 2.24) is 9.97 Å². The number of anilines is 2. The van der Waals surface area contributed by atoms with Crippen LogP contribution in [0.15, 0.2) is 18.0 Å². The summed E-state index contributed by atoms with van der Waals surface area (Å²) >= 11 is 5.11. The Bertz CT molecular complexity index is 721. The topological polar surface area (TPSA) is 162 Å². The second kappa shape index (κ2) is 7.88. The van der Waals surface area contributed by atoms with E-state index in [0.29, 0.717) is 5.70 Å². The van der Waals surface area contributed by atoms with Crippen LogP contribution in [0.25, 0.3) is 0 Å². The normalized spacial score (nSPS) is 13.0. The van der Waals surface area contributed by atoms with E-state index >= 15 is 0 Å². The zero-order valence-electron chi connectivity index (χ0n) is 14.6. The van der Waals surface area contributed by atoms with Crippen LogP contribution in [-0.2, 0) is 4.79 Å². The van der Waals surface area contributed by atoms with E-state index in [4.69, 9.17) is 29.4 Å². The Hall–Kier alpha value is -2.75. The number of thiocarbonyl (C=S) groups is 1. The van der Waals surface area contributed by atoms with Crippen molar-refractivity contribution < 1.29 is 9.59 Å². The van der Waals surface area contributed by atoms with Gasteiger partial charge in [0.25, 0.3) is 5.91 Å². The zero-order chi connectivity index (χ0) is 19.4. The number of primary amides is 2. The van der Waals surface area contributed by atoms with E-state index in [1.54, 1.807) is 6.92 Å². The Kier molecular flexibility index (Phi) is 6.40. The van der Waals surface area contributed by atoms with Crippen LogP contribution < -0.4 is 27.8 Å². The molecular formula is C15H23N7O2S. The molecule has 0 fully saturated rings. The third kappa shape index (κ3) is 5.99. The maximum atomic E-state index is 11.7. The molecule has 0 saturated carbocycles. The van der Waals surface area contributed by atoms with Gasteiger partial charge in [-0.3, -0.25) is 9.59 Å². The van der Waals surface area contributed by atoms with Crippen LogP contribution in [0.5, 0.6) is 0 Å². The zero-order valence-corrected chi connectivity index (χ0v) is 15.4. The number of carbonyl (C=O) groups is 2. The second-order valence-corrected chi connectivity index (χ2v) is 6.98. The number of nitrogens with one attached hydrogen (secondary N) is 2. The van der Waals surface area contributed by atoms with Crippen molar-refractivity contribution in [2.24, 2.45) is 22.6 Å². The molecule has 10 heteroatoms. The quantitative estimate of drug-likeness (QED) is 0.359. The van der Waals surface area contributed by atoms with E-state index in [9.17, 15) is 9.59 Å². The standard InChI is InChI=1S/C15H23N7O2S/c1-7(16)5-9(25)22-14-10(12(17)23)19-6-8(21-14)20-11(13(18)24)15(2,3)4/h5-6,11H,16H2,1-4H3,(H2,17,23)(H2,18,24)(H2,20,21,22,25)/b7-5-/t11-/m0/s1. The van der Waals surface area contributed by atoms with Crippen LogP contribution in [0, 0.1) is 5.41 Å². The van der Waals surface area contributed by atoms with Crippen LogP contribution >= 0.6 is 12.2 Å². The number of carbonyl (C=O) groups excluding carboxylic acids is 2. The minimum absolute atomic E-state index is 0.0529. The van der Waals surface area contributed by atoms with E-state index < -0.39 is 23.3 Å². The van der Waals surface area contributed by atoms with Crippen molar-refractivity contribution in [1.29, 1.82) is 0 Å². The van der Waals surface area contributed by atoms with Crippen molar-refractivity contribution in [3.05, 3.63) is 23.7 Å². The maximum absolute atomic E-state index is 11.7. The van der Waals surface area contributed by atoms with Gasteiger partial charge in [0.15, 0.2) is 11.5 Å². The highest BCUT2D eigenvalue weighted by Gasteiger charge is 2.30. The first-order valence-corrected chi connectivity index (χ1v) is 7.80. The number of rotatable bonds is 6. The Morgan fingerprint density at radius 2 is 1.88 bits per heavy atom. The SMILES string of the molecule is C/C(N)=C/C(=S)Nc1nc(N[C@@H](C(N)=O)C(C)(C)C)cnc1C(N)=O. The number of hydrogen-bond donors (Lipinski definition) is 5. The molecular weight excluding hydrogens is 342 g/mol. The predicted octanol–water partition coefficient (Wildman–Crippen LogP) is 0.489. The van der Waals surface area contributed by atoms with Gasteiger partial charge in [0.1, 0.15) is 16.8 Å². The Morgan fingerprint density at radius 3 is 2.32 bits per heavy atom. The fraction of sp³-hybridized carbons (Fsp3) is 0.400. The second-order valence-electron chi connectivity index (χ2n) is 6.54. The van der Waals surface area contributed by atoms with Crippen molar-refractivity contribution in [3.63, 3.8) is 0 Å². The van der Waals surface area contributed by atoms with Gasteiger partial charge in [-0.25, -0.2) is 9.97 Å². The van der Waals surface area contributed by atoms with Gasteiger partial charge in [-0.2, -0.15) is 0 Å². The smallest absolute Gasteiger partial charge is 0.271 e. The molecule has 0 unspecified atom stereocenters. The van der Waals surface area contributed by atoms with Crippen molar-refractivity contribution >= 4 is 40.7 Å². The van der Waals surface area contributed by atoms with E-state index in [0.717, 1.165) is 0 Å². The highest BCUT2D eigenvalue weighted by Crippen LogP contribution is 2.23. The van der Waals surface area contributed by atoms with Crippen molar-refractivity contribution in [2.45, 2.75) is 33.7 Å². The molecule has 1 atom stereocenters. The Balaban J connectivity index is 3.22. The molecule has 1 rings (SSSR count). The van der Waals surface area contributed by atoms with Crippen LogP contribution in [0.2, 0.25) is 0 Å². The lowest BCUT2D eigenvalue weighted by molar-refractivity contribution is -0.120. The molecule has 1 aromatic rings. The highest BCUT2D eigenvalue weighted by molar-refractivity contribution is 7.81. The van der Waals surface area contributed by atoms with E-state index in [1.165, 1.54) is 12.3 Å². The third-order valence-corrected chi connectivity index (χ3v) is 3.27. The van der Waals surface area contributed by atoms with Gasteiger partial charge in [-0.05, 0) is 18.4 Å². The van der Waals surface area contributed by atoms with Gasteiger partial charge in [0.05, 0.1) is 6.20 Å². The molecule has 8 N–H and O–H groups in total. The van der Waals surface area contributed by atoms with E-state index in [1.807, 2.05) is 20.8 Å². The molecule has 1 aromatic heterocycles. The van der Waals surface area contributed by atoms with Gasteiger partial charge < -0.3 is 27.8 Å². The van der Waals surface area contributed by atoms with Crippen molar-refractivity contribution in [3.8, 4) is 0 Å². The van der Waals surface area contributed by atoms with Crippen LogP contribution in [0.3, 0.4) is 0 Å². The van der Waals surface area contributed by atoms with Crippen molar-refractivity contribution in [2.75, 3.05) is 10.6 Å². The number of amides is 2. The summed E-state index contributed by atoms with van der Waals surface area (Å²) in [7, 11) is 0. The fourth-order valence-electron chi connectivity index (χ4n) is 1.95. The predicted molar refractivity (Wildman–Crippen MR) is 101 cm³/mol. The number of nitrogens with two attached hydrogens (primary N) is 3. The fourth-order valence-corrected chi connectivity index (χ4v) is 2.23. The summed E-state index contributed by atoms with van der Waals surface area (Å²) in [4.78, 5) is 31.7. The summed E-state index contributed by atoms with van der Waals surface area (Å²) in [5.74, 6) is -1.03. The summed E-state index contributed by atoms with van der Waals surface area (Å²) in [5, 5.41) is 5.66. The molecule has 0 saturated heterocycles. The summed E-state index contributed by atoms with van der Waals surface area (Å²) < 4.78 is 0. The summed E-state index contributed by atoms with van der Waals surface area (Å²) in [6.07, 6.45) is 2.78. The number of nitrogens with zero attached hydrogens (tertiary/aromatic N) is 2. The molecule has 9 nitrogen and oxygen atoms in total. The van der Waals surface area contributed by atoms with Gasteiger partial charge >= 0.3 is 0 Å². The molecule has 2 amide bonds. The largest absolute Gasteiger partial charge is 0.402 e. The Morgan fingerprint density at radius 1 is 1.28 bits per heavy atom. The number of aromatic nitrogens is 2. The first kappa shape index (κ1) is 20.3. The molecule has 0 aliphatic heterocycles. The summed E-state index contributed by atoms with van der Waals surface area (Å²) in [6, 6.07) is -0.702. The highest BCUT2D eigenvalue weighted by atomic mass is 32.1. The minimum atomic E-state index is -0.778. The molecule has 0 aliphatic rings. The number of hydrogen-bond acceptors (Lipinski definition) is 7. The first-order valence-electron chi connectivity index (χ1n) is 7.39. The van der Waals surface area contributed by atoms with Crippen LogP contribution in [-0.4, -0.2) is 32.8 Å². The van der Waals surface area contributed by atoms with E-state index in [-0.39, 0.29) is 22.3 Å². The Labute approximate surface area is 151 Å². The van der Waals surface area contributed by atoms with Gasteiger partial charge in [-0.1, -0.05) is 33.0 Å². The van der Waals surface area contributed by atoms with Gasteiger partial charge in [-0.15, -0.1) is 0 Å². The lowest BCUT2D eigenvalue weighted by Crippen LogP contribution is -2.45. The molecule has 0 bridgehead atoms. The molecule has 0 aromatic carbocycles. The number of allylic oxidation sites excluding steroid dienone is 1. The molecule has 1 heterocycles. The van der Waals surface area contributed by atoms with E-state index in [2.05, 4.69) is 20.6 Å². The van der Waals surface area contributed by atoms with Crippen LogP contribution in [0.4, 0.5) is 11.6 Å². The lowest BCUT2D eigenvalue weighted by atomic mass is 9.86. The molecule has 0 radical (unpaired) electrons. The molecule has 0 spiro atoms. The lowest BCUT2D eigenvalue weighted by Gasteiger charge is -2.29. The average Bonchev–Trinajstić information content (AvgIpc) is 2.41. The maximum Gasteiger partial charge on any atom is 0.271 e. The minimum Gasteiger partial charge on any atom is -0.402 e. The monoisotopic (exact) mass is 365 g/mol. The first-order chi connectivity index (χ1) is 11.4. The summed E-state index contributed by atoms with van der Waals surface area (Å²) in [5.41, 5.74) is 16.2.